The molecule has 1 N–H and O–H groups in total. The minimum absolute atomic E-state index is 0.142. The van der Waals surface area contributed by atoms with Gasteiger partial charge in [-0.3, -0.25) is 0 Å². The summed E-state index contributed by atoms with van der Waals surface area (Å²) >= 11 is 6.05. The number of fused-ring (bicyclic) bond motifs is 1. The highest BCUT2D eigenvalue weighted by Crippen LogP contribution is 2.32. The predicted molar refractivity (Wildman–Crippen MR) is 69.8 cm³/mol. The second-order valence-electron chi connectivity index (χ2n) is 4.69. The van der Waals surface area contributed by atoms with E-state index in [0.717, 1.165) is 24.8 Å². The van der Waals surface area contributed by atoms with E-state index in [9.17, 15) is 5.11 Å². The van der Waals surface area contributed by atoms with Gasteiger partial charge in [0.05, 0.1) is 11.1 Å². The Kier molecular flexibility index (Phi) is 3.29. The van der Waals surface area contributed by atoms with E-state index < -0.39 is 6.10 Å². The largest absolute Gasteiger partial charge is 0.457 e. The summed E-state index contributed by atoms with van der Waals surface area (Å²) in [5.74, 6) is 0.564. The van der Waals surface area contributed by atoms with Gasteiger partial charge in [0.2, 0.25) is 0 Å². The lowest BCUT2D eigenvalue weighted by Gasteiger charge is -2.12. The molecule has 2 aromatic rings. The molecule has 3 rings (SSSR count). The minimum atomic E-state index is -0.628. The summed E-state index contributed by atoms with van der Waals surface area (Å²) in [6.07, 6.45) is 2.18. The van der Waals surface area contributed by atoms with Gasteiger partial charge in [-0.05, 0) is 25.0 Å². The zero-order valence-corrected chi connectivity index (χ0v) is 10.7. The molecule has 2 unspecified atom stereocenters. The maximum Gasteiger partial charge on any atom is 0.152 e. The van der Waals surface area contributed by atoms with Gasteiger partial charge in [0.1, 0.15) is 11.9 Å². The molecular formula is C14H15ClO3. The van der Waals surface area contributed by atoms with Gasteiger partial charge in [-0.25, -0.2) is 0 Å². The SMILES string of the molecule is OC(CC1CCCO1)c1cc2cccc(Cl)c2o1. The van der Waals surface area contributed by atoms with Crippen molar-refractivity contribution in [3.8, 4) is 0 Å². The Morgan fingerprint density at radius 1 is 1.44 bits per heavy atom. The number of furan rings is 1. The molecule has 4 heteroatoms. The van der Waals surface area contributed by atoms with Gasteiger partial charge in [-0.2, -0.15) is 0 Å². The van der Waals surface area contributed by atoms with Crippen LogP contribution in [0.25, 0.3) is 11.0 Å². The molecular weight excluding hydrogens is 252 g/mol. The predicted octanol–water partition coefficient (Wildman–Crippen LogP) is 3.69. The van der Waals surface area contributed by atoms with E-state index in [2.05, 4.69) is 0 Å². The number of aliphatic hydroxyl groups is 1. The molecule has 3 nitrogen and oxygen atoms in total. The van der Waals surface area contributed by atoms with Crippen molar-refractivity contribution in [2.45, 2.75) is 31.5 Å². The van der Waals surface area contributed by atoms with Crippen molar-refractivity contribution in [3.05, 3.63) is 35.0 Å². The van der Waals surface area contributed by atoms with Crippen molar-refractivity contribution in [2.24, 2.45) is 0 Å². The molecule has 1 saturated heterocycles. The Morgan fingerprint density at radius 2 is 2.33 bits per heavy atom. The van der Waals surface area contributed by atoms with Crippen molar-refractivity contribution in [3.63, 3.8) is 0 Å². The van der Waals surface area contributed by atoms with Gasteiger partial charge in [-0.15, -0.1) is 0 Å². The number of halogens is 1. The highest BCUT2D eigenvalue weighted by Gasteiger charge is 2.22. The van der Waals surface area contributed by atoms with E-state index in [1.165, 1.54) is 0 Å². The van der Waals surface area contributed by atoms with E-state index in [0.29, 0.717) is 22.8 Å². The highest BCUT2D eigenvalue weighted by atomic mass is 35.5. The summed E-state index contributed by atoms with van der Waals surface area (Å²) < 4.78 is 11.1. The van der Waals surface area contributed by atoms with E-state index in [-0.39, 0.29) is 6.10 Å². The van der Waals surface area contributed by atoms with Crippen LogP contribution in [0.2, 0.25) is 5.02 Å². The number of hydrogen-bond acceptors (Lipinski definition) is 3. The van der Waals surface area contributed by atoms with Crippen LogP contribution in [0.4, 0.5) is 0 Å². The van der Waals surface area contributed by atoms with Crippen molar-refractivity contribution >= 4 is 22.6 Å². The summed E-state index contributed by atoms with van der Waals surface area (Å²) in [5.41, 5.74) is 0.639. The molecule has 0 saturated carbocycles. The molecule has 1 aliphatic rings. The first-order valence-electron chi connectivity index (χ1n) is 6.21. The number of benzene rings is 1. The Morgan fingerprint density at radius 3 is 3.06 bits per heavy atom. The summed E-state index contributed by atoms with van der Waals surface area (Å²) in [5, 5.41) is 11.6. The summed E-state index contributed by atoms with van der Waals surface area (Å²) in [4.78, 5) is 0. The van der Waals surface area contributed by atoms with E-state index in [4.69, 9.17) is 20.8 Å². The third-order valence-electron chi connectivity index (χ3n) is 3.35. The first kappa shape index (κ1) is 12.0. The Hall–Kier alpha value is -1.03. The molecule has 0 bridgehead atoms. The molecule has 96 valence electrons. The van der Waals surface area contributed by atoms with Gasteiger partial charge < -0.3 is 14.3 Å². The fourth-order valence-corrected chi connectivity index (χ4v) is 2.63. The Labute approximate surface area is 110 Å². The minimum Gasteiger partial charge on any atom is -0.457 e. The van der Waals surface area contributed by atoms with E-state index >= 15 is 0 Å². The maximum absolute atomic E-state index is 10.2. The monoisotopic (exact) mass is 266 g/mol. The summed E-state index contributed by atoms with van der Waals surface area (Å²) in [6.45, 7) is 0.795. The fourth-order valence-electron chi connectivity index (χ4n) is 2.41. The van der Waals surface area contributed by atoms with Crippen LogP contribution in [0.3, 0.4) is 0 Å². The molecule has 2 heterocycles. The Balaban J connectivity index is 1.82. The van der Waals surface area contributed by atoms with Crippen LogP contribution >= 0.6 is 11.6 Å². The third kappa shape index (κ3) is 2.26. The van der Waals surface area contributed by atoms with Crippen molar-refractivity contribution in [2.75, 3.05) is 6.61 Å². The lowest BCUT2D eigenvalue weighted by atomic mass is 10.1. The molecule has 1 aliphatic heterocycles. The van der Waals surface area contributed by atoms with Crippen LogP contribution in [0.5, 0.6) is 0 Å². The van der Waals surface area contributed by atoms with Crippen LogP contribution in [0, 0.1) is 0 Å². The van der Waals surface area contributed by atoms with E-state index in [1.54, 1.807) is 6.07 Å². The molecule has 1 aromatic heterocycles. The molecule has 1 fully saturated rings. The van der Waals surface area contributed by atoms with Crippen LogP contribution in [-0.4, -0.2) is 17.8 Å². The average Bonchev–Trinajstić information content (AvgIpc) is 2.97. The average molecular weight is 267 g/mol. The summed E-state index contributed by atoms with van der Waals surface area (Å²) in [7, 11) is 0. The van der Waals surface area contributed by atoms with E-state index in [1.807, 2.05) is 18.2 Å². The number of rotatable bonds is 3. The standard InChI is InChI=1S/C14H15ClO3/c15-11-5-1-3-9-7-13(18-14(9)11)12(16)8-10-4-2-6-17-10/h1,3,5,7,10,12,16H,2,4,6,8H2. The van der Waals surface area contributed by atoms with Crippen molar-refractivity contribution in [1.82, 2.24) is 0 Å². The molecule has 0 aliphatic carbocycles. The highest BCUT2D eigenvalue weighted by molar-refractivity contribution is 6.34. The Bertz CT molecular complexity index is 543. The zero-order valence-electron chi connectivity index (χ0n) is 9.93. The van der Waals surface area contributed by atoms with Crippen LogP contribution in [-0.2, 0) is 4.74 Å². The molecule has 0 radical (unpaired) electrons. The van der Waals surface area contributed by atoms with Gasteiger partial charge in [0.15, 0.2) is 5.58 Å². The second kappa shape index (κ2) is 4.92. The number of ether oxygens (including phenoxy) is 1. The van der Waals surface area contributed by atoms with Crippen LogP contribution < -0.4 is 0 Å². The lowest BCUT2D eigenvalue weighted by molar-refractivity contribution is 0.0454. The first-order chi connectivity index (χ1) is 8.74. The number of aliphatic hydroxyl groups excluding tert-OH is 1. The molecule has 0 amide bonds. The summed E-state index contributed by atoms with van der Waals surface area (Å²) in [6, 6.07) is 7.42. The smallest absolute Gasteiger partial charge is 0.152 e. The lowest BCUT2D eigenvalue weighted by Crippen LogP contribution is -2.10. The van der Waals surface area contributed by atoms with Gasteiger partial charge >= 0.3 is 0 Å². The molecule has 2 atom stereocenters. The number of hydrogen-bond donors (Lipinski definition) is 1. The maximum atomic E-state index is 10.2. The topological polar surface area (TPSA) is 42.6 Å². The zero-order chi connectivity index (χ0) is 12.5. The quantitative estimate of drug-likeness (QED) is 0.921. The van der Waals surface area contributed by atoms with Gasteiger partial charge in [0, 0.05) is 18.4 Å². The van der Waals surface area contributed by atoms with Crippen molar-refractivity contribution < 1.29 is 14.3 Å². The fraction of sp³-hybridized carbons (Fsp3) is 0.429. The van der Waals surface area contributed by atoms with Crippen LogP contribution in [0.15, 0.2) is 28.7 Å². The molecule has 0 spiro atoms. The van der Waals surface area contributed by atoms with Gasteiger partial charge in [-0.1, -0.05) is 23.7 Å². The van der Waals surface area contributed by atoms with Gasteiger partial charge in [0.25, 0.3) is 0 Å². The molecule has 1 aromatic carbocycles. The number of para-hydroxylation sites is 1. The third-order valence-corrected chi connectivity index (χ3v) is 3.65. The second-order valence-corrected chi connectivity index (χ2v) is 5.10. The van der Waals surface area contributed by atoms with Crippen molar-refractivity contribution in [1.29, 1.82) is 0 Å². The van der Waals surface area contributed by atoms with Crippen LogP contribution in [0.1, 0.15) is 31.1 Å². The first-order valence-corrected chi connectivity index (χ1v) is 6.59. The molecule has 18 heavy (non-hydrogen) atoms. The normalized spacial score (nSPS) is 21.6.